The first-order chi connectivity index (χ1) is 64.6. The molecule has 8 N–H and O–H groups in total. The fraction of sp³-hybridized carbons (Fsp3) is 0.583. The van der Waals surface area contributed by atoms with E-state index < -0.39 is 86.9 Å². The molecular formula is C96H132N12O20S8. The third-order valence-electron chi connectivity index (χ3n) is 29.3. The SMILES string of the molecule is CC(C)(O)c1ccc(N2CCN(S(=O)(=O)c3cccs3)C[C@@H]2CN2[C@@H]3COC[C@H]2[C@@H](O)C3)cc1.CC(C)(O)c1ccc(N2CCN(S(=O)(=O)c3cccs3)C[C@@H]2CN2[C@@H]3COC[C@H]2[C@@H](O)C3)cc1.CC(C)(O)c1ccc(N2CCN(S(=O)(=O)c3cccs3)C[C@@H]2CN2[C@H]3COC[C@@H]2[C@H](O)C3)cc1.CC(C)(O)c1ccc(N2CCN(S(=O)(=O)c3cccs3)C[C@@H]2CN2[C@H]3COC[C@@H]2[C@H](O)C3)cc1. The number of sulfonamides is 4. The molecule has 12 fully saturated rings. The van der Waals surface area contributed by atoms with Crippen LogP contribution in [0.25, 0.3) is 0 Å². The van der Waals surface area contributed by atoms with Crippen LogP contribution in [0.15, 0.2) is 184 Å². The normalized spacial score (nSPS) is 29.0. The van der Waals surface area contributed by atoms with Crippen molar-refractivity contribution in [3.63, 3.8) is 0 Å². The molecule has 136 heavy (non-hydrogen) atoms. The summed E-state index contributed by atoms with van der Waals surface area (Å²) in [4.78, 5) is 18.4. The molecule has 12 saturated heterocycles. The molecule has 16 heterocycles. The average Bonchev–Trinajstić information content (AvgIpc) is 1.57. The maximum atomic E-state index is 13.3. The molecule has 12 aliphatic rings. The second-order valence-electron chi connectivity index (χ2n) is 40.0. The smallest absolute Gasteiger partial charge is 0.252 e. The molecule has 32 nitrogen and oxygen atoms in total. The third-order valence-corrected chi connectivity index (χ3v) is 42.2. The Bertz CT molecular complexity index is 5040. The third kappa shape index (κ3) is 22.0. The highest BCUT2D eigenvalue weighted by molar-refractivity contribution is 7.92. The van der Waals surface area contributed by atoms with Crippen molar-refractivity contribution in [2.45, 2.75) is 217 Å². The van der Waals surface area contributed by atoms with E-state index in [0.717, 1.165) is 45.0 Å². The topological polar surface area (TPSA) is 374 Å². The van der Waals surface area contributed by atoms with Crippen LogP contribution in [-0.2, 0) is 81.4 Å². The monoisotopic (exact) mass is 2030 g/mol. The Hall–Kier alpha value is -6.12. The van der Waals surface area contributed by atoms with Crippen molar-refractivity contribution in [2.75, 3.05) is 177 Å². The Kier molecular flexibility index (Phi) is 30.8. The maximum absolute atomic E-state index is 13.3. The van der Waals surface area contributed by atoms with Gasteiger partial charge in [0.1, 0.15) is 16.8 Å². The van der Waals surface area contributed by atoms with E-state index in [4.69, 9.17) is 18.9 Å². The van der Waals surface area contributed by atoms with Gasteiger partial charge in [-0.25, -0.2) is 33.7 Å². The minimum absolute atomic E-state index is 0.0533. The van der Waals surface area contributed by atoms with Gasteiger partial charge in [-0.1, -0.05) is 72.8 Å². The maximum Gasteiger partial charge on any atom is 0.252 e. The quantitative estimate of drug-likeness (QED) is 0.0310. The Balaban J connectivity index is 0.000000126. The largest absolute Gasteiger partial charge is 0.391 e. The van der Waals surface area contributed by atoms with Crippen LogP contribution in [0, 0.1) is 0 Å². The number of hydrogen-bond acceptors (Lipinski definition) is 32. The van der Waals surface area contributed by atoms with E-state index in [-0.39, 0.29) is 72.5 Å². The van der Waals surface area contributed by atoms with E-state index in [0.29, 0.717) is 200 Å². The molecule has 0 radical (unpaired) electrons. The molecule has 744 valence electrons. The highest BCUT2D eigenvalue weighted by Crippen LogP contribution is 2.42. The Morgan fingerprint density at radius 2 is 0.478 bits per heavy atom. The van der Waals surface area contributed by atoms with Crippen molar-refractivity contribution in [2.24, 2.45) is 0 Å². The first kappa shape index (κ1) is 101. The number of nitrogens with zero attached hydrogens (tertiary/aromatic N) is 12. The van der Waals surface area contributed by atoms with Crippen LogP contribution in [-0.4, -0.2) is 366 Å². The summed E-state index contributed by atoms with van der Waals surface area (Å²) in [5.74, 6) is 0. The van der Waals surface area contributed by atoms with Gasteiger partial charge in [0.25, 0.3) is 40.1 Å². The molecule has 0 spiro atoms. The minimum atomic E-state index is -3.55. The lowest BCUT2D eigenvalue weighted by Crippen LogP contribution is -2.61. The van der Waals surface area contributed by atoms with Crippen molar-refractivity contribution < 1.29 is 93.5 Å². The van der Waals surface area contributed by atoms with Crippen LogP contribution >= 0.6 is 45.3 Å². The van der Waals surface area contributed by atoms with E-state index in [2.05, 4.69) is 39.2 Å². The number of aliphatic hydroxyl groups is 8. The highest BCUT2D eigenvalue weighted by Gasteiger charge is 2.52. The number of morpholine rings is 4. The van der Waals surface area contributed by atoms with Crippen molar-refractivity contribution in [1.29, 1.82) is 0 Å². The Labute approximate surface area is 816 Å². The summed E-state index contributed by atoms with van der Waals surface area (Å²) in [6.45, 7) is 26.5. The molecular weight excluding hydrogens is 1900 g/mol. The lowest BCUT2D eigenvalue weighted by molar-refractivity contribution is -0.0345. The van der Waals surface area contributed by atoms with Crippen LogP contribution in [0.3, 0.4) is 0 Å². The molecule has 4 aromatic carbocycles. The fourth-order valence-electron chi connectivity index (χ4n) is 21.7. The lowest BCUT2D eigenvalue weighted by Gasteiger charge is -2.46. The van der Waals surface area contributed by atoms with Crippen molar-refractivity contribution in [3.05, 3.63) is 189 Å². The van der Waals surface area contributed by atoms with Gasteiger partial charge in [-0.05, 0) is 198 Å². The van der Waals surface area contributed by atoms with E-state index >= 15 is 0 Å². The van der Waals surface area contributed by atoms with Gasteiger partial charge < -0.3 is 79.4 Å². The molecule has 0 unspecified atom stereocenters. The molecule has 12 aliphatic heterocycles. The predicted molar refractivity (Wildman–Crippen MR) is 526 cm³/mol. The molecule has 40 heteroatoms. The number of fused-ring (bicyclic) bond motifs is 8. The summed E-state index contributed by atoms with van der Waals surface area (Å²) in [7, 11) is -14.2. The number of rotatable bonds is 24. The standard InChI is InChI=1S/4C24H33N3O5S2/c4*1-24(2,29)17-5-7-18(8-6-17)26-10-9-25(34(30,31)23-4-3-11-33-23)13-20(26)14-27-19-12-22(28)21(27)16-32-15-19/h4*3-8,11,19-22,28-29H,9-10,12-16H2,1-2H3/t2*19-,20+,21-,22-;2*19-,20-,21-,22-/m0011/s1. The van der Waals surface area contributed by atoms with Gasteiger partial charge in [0, 0.05) is 152 Å². The molecule has 16 atom stereocenters. The first-order valence-electron chi connectivity index (χ1n) is 47.2. The van der Waals surface area contributed by atoms with E-state index in [1.807, 2.05) is 97.1 Å². The van der Waals surface area contributed by atoms with Crippen LogP contribution in [0.2, 0.25) is 0 Å². The molecule has 0 saturated carbocycles. The van der Waals surface area contributed by atoms with Gasteiger partial charge in [0.15, 0.2) is 0 Å². The summed E-state index contributed by atoms with van der Waals surface area (Å²) in [5, 5.41) is 90.6. The highest BCUT2D eigenvalue weighted by atomic mass is 32.3. The van der Waals surface area contributed by atoms with Gasteiger partial charge in [0.2, 0.25) is 0 Å². The zero-order valence-electron chi connectivity index (χ0n) is 78.3. The average molecular weight is 2030 g/mol. The summed E-state index contributed by atoms with van der Waals surface area (Å²) >= 11 is 4.98. The van der Waals surface area contributed by atoms with Gasteiger partial charge in [-0.3, -0.25) is 19.6 Å². The second-order valence-corrected chi connectivity index (χ2v) is 52.5. The molecule has 0 amide bonds. The number of hydrogen-bond donors (Lipinski definition) is 8. The lowest BCUT2D eigenvalue weighted by atomic mass is 9.98. The zero-order valence-corrected chi connectivity index (χ0v) is 84.8. The summed E-state index contributed by atoms with van der Waals surface area (Å²) in [6, 6.07) is 45.3. The zero-order chi connectivity index (χ0) is 96.3. The minimum Gasteiger partial charge on any atom is -0.391 e. The summed E-state index contributed by atoms with van der Waals surface area (Å²) < 4.78 is 137. The first-order valence-corrected chi connectivity index (χ1v) is 56.4. The molecule has 8 aromatic rings. The Morgan fingerprint density at radius 1 is 0.287 bits per heavy atom. The molecule has 0 aliphatic carbocycles. The van der Waals surface area contributed by atoms with Crippen LogP contribution in [0.4, 0.5) is 22.7 Å². The van der Waals surface area contributed by atoms with Gasteiger partial charge in [-0.15, -0.1) is 45.3 Å². The molecule has 20 rings (SSSR count). The second kappa shape index (κ2) is 41.3. The van der Waals surface area contributed by atoms with Crippen molar-refractivity contribution in [1.82, 2.24) is 36.8 Å². The van der Waals surface area contributed by atoms with Crippen LogP contribution in [0.1, 0.15) is 103 Å². The summed E-state index contributed by atoms with van der Waals surface area (Å²) in [5.41, 5.74) is 3.68. The van der Waals surface area contributed by atoms with Crippen molar-refractivity contribution >= 4 is 108 Å². The van der Waals surface area contributed by atoms with Crippen molar-refractivity contribution in [3.8, 4) is 0 Å². The fourth-order valence-corrected chi connectivity index (χ4v) is 32.2. The van der Waals surface area contributed by atoms with Gasteiger partial charge in [-0.2, -0.15) is 17.2 Å². The summed E-state index contributed by atoms with van der Waals surface area (Å²) in [6.07, 6.45) is 1.10. The molecule has 4 aromatic heterocycles. The number of anilines is 4. The van der Waals surface area contributed by atoms with Gasteiger partial charge >= 0.3 is 0 Å². The number of ether oxygens (including phenoxy) is 4. The van der Waals surface area contributed by atoms with Crippen LogP contribution in [0.5, 0.6) is 0 Å². The van der Waals surface area contributed by atoms with E-state index in [1.165, 1.54) is 45.3 Å². The number of piperazine rings is 4. The number of benzene rings is 4. The van der Waals surface area contributed by atoms with Gasteiger partial charge in [0.05, 0.1) is 148 Å². The molecule has 8 bridgehead atoms. The van der Waals surface area contributed by atoms with Crippen LogP contribution < -0.4 is 19.6 Å². The van der Waals surface area contributed by atoms with E-state index in [9.17, 15) is 74.5 Å². The Morgan fingerprint density at radius 3 is 0.640 bits per heavy atom. The predicted octanol–water partition coefficient (Wildman–Crippen LogP) is 6.76. The van der Waals surface area contributed by atoms with E-state index in [1.54, 1.807) is 143 Å². The number of aliphatic hydroxyl groups excluding tert-OH is 4. The number of thiophene rings is 4.